The Morgan fingerprint density at radius 3 is 2.46 bits per heavy atom. The summed E-state index contributed by atoms with van der Waals surface area (Å²) >= 11 is 3.29. The van der Waals surface area contributed by atoms with E-state index in [1.54, 1.807) is 55.5 Å². The SMILES string of the molecule is CCC(=O)Oc1ccccc1C=C1C(=O)NC(=O)N(c2ccc(Br)cc2)C1=O. The van der Waals surface area contributed by atoms with Crippen molar-refractivity contribution < 1.29 is 23.9 Å². The molecule has 0 saturated carbocycles. The van der Waals surface area contributed by atoms with E-state index in [2.05, 4.69) is 21.2 Å². The molecule has 1 saturated heterocycles. The third-order valence-electron chi connectivity index (χ3n) is 3.92. The van der Waals surface area contributed by atoms with Gasteiger partial charge in [-0.2, -0.15) is 0 Å². The number of nitrogens with zero attached hydrogens (tertiary/aromatic N) is 1. The van der Waals surface area contributed by atoms with Crippen LogP contribution in [0.25, 0.3) is 6.08 Å². The Morgan fingerprint density at radius 2 is 1.79 bits per heavy atom. The summed E-state index contributed by atoms with van der Waals surface area (Å²) in [7, 11) is 0. The standard InChI is InChI=1S/C20H15BrN2O5/c1-2-17(24)28-16-6-4-3-5-12(16)11-15-18(25)22-20(27)23(19(15)26)14-9-7-13(21)8-10-14/h3-11H,2H2,1H3,(H,22,25,27). The van der Waals surface area contributed by atoms with Crippen LogP contribution in [0.4, 0.5) is 10.5 Å². The first kappa shape index (κ1) is 19.5. The van der Waals surface area contributed by atoms with E-state index in [4.69, 9.17) is 4.74 Å². The highest BCUT2D eigenvalue weighted by Gasteiger charge is 2.36. The zero-order valence-electron chi connectivity index (χ0n) is 14.8. The summed E-state index contributed by atoms with van der Waals surface area (Å²) < 4.78 is 6.02. The van der Waals surface area contributed by atoms with E-state index < -0.39 is 23.8 Å². The number of carbonyl (C=O) groups is 4. The normalized spacial score (nSPS) is 15.6. The summed E-state index contributed by atoms with van der Waals surface area (Å²) in [6, 6.07) is 12.2. The number of carbonyl (C=O) groups excluding carboxylic acids is 4. The minimum atomic E-state index is -0.833. The number of rotatable bonds is 4. The van der Waals surface area contributed by atoms with Crippen molar-refractivity contribution in [3.63, 3.8) is 0 Å². The van der Waals surface area contributed by atoms with Gasteiger partial charge in [0.2, 0.25) is 0 Å². The Labute approximate surface area is 169 Å². The van der Waals surface area contributed by atoms with Gasteiger partial charge in [-0.25, -0.2) is 9.69 Å². The zero-order chi connectivity index (χ0) is 20.3. The summed E-state index contributed by atoms with van der Waals surface area (Å²) in [5, 5.41) is 2.15. The molecule has 2 aromatic rings. The van der Waals surface area contributed by atoms with E-state index in [9.17, 15) is 19.2 Å². The number of hydrogen-bond donors (Lipinski definition) is 1. The van der Waals surface area contributed by atoms with E-state index in [1.165, 1.54) is 6.08 Å². The minimum Gasteiger partial charge on any atom is -0.426 e. The monoisotopic (exact) mass is 442 g/mol. The predicted octanol–water partition coefficient (Wildman–Crippen LogP) is 3.43. The molecule has 0 aliphatic carbocycles. The molecule has 1 N–H and O–H groups in total. The van der Waals surface area contributed by atoms with Gasteiger partial charge in [-0.1, -0.05) is 41.1 Å². The lowest BCUT2D eigenvalue weighted by molar-refractivity contribution is -0.134. The van der Waals surface area contributed by atoms with Gasteiger partial charge in [0.25, 0.3) is 11.8 Å². The molecule has 28 heavy (non-hydrogen) atoms. The predicted molar refractivity (Wildman–Crippen MR) is 106 cm³/mol. The van der Waals surface area contributed by atoms with Crippen molar-refractivity contribution in [2.45, 2.75) is 13.3 Å². The highest BCUT2D eigenvalue weighted by Crippen LogP contribution is 2.26. The molecule has 0 unspecified atom stereocenters. The summed E-state index contributed by atoms with van der Waals surface area (Å²) in [6.45, 7) is 1.66. The van der Waals surface area contributed by atoms with Crippen LogP contribution in [0, 0.1) is 0 Å². The van der Waals surface area contributed by atoms with E-state index in [0.717, 1.165) is 9.37 Å². The molecule has 1 heterocycles. The van der Waals surface area contributed by atoms with Crippen molar-refractivity contribution in [2.24, 2.45) is 0 Å². The number of halogens is 1. The lowest BCUT2D eigenvalue weighted by Gasteiger charge is -2.26. The van der Waals surface area contributed by atoms with Crippen molar-refractivity contribution in [1.29, 1.82) is 0 Å². The van der Waals surface area contributed by atoms with E-state index in [1.807, 2.05) is 0 Å². The van der Waals surface area contributed by atoms with Crippen LogP contribution in [-0.4, -0.2) is 23.8 Å². The van der Waals surface area contributed by atoms with Crippen LogP contribution in [0.3, 0.4) is 0 Å². The number of esters is 1. The first-order valence-corrected chi connectivity index (χ1v) is 9.16. The van der Waals surface area contributed by atoms with Crippen molar-refractivity contribution in [3.8, 4) is 5.75 Å². The number of urea groups is 1. The number of amides is 4. The second-order valence-corrected chi connectivity index (χ2v) is 6.72. The molecule has 3 rings (SSSR count). The second kappa shape index (κ2) is 8.18. The van der Waals surface area contributed by atoms with Crippen LogP contribution < -0.4 is 15.0 Å². The molecule has 142 valence electrons. The Hall–Kier alpha value is -3.26. The number of barbiturate groups is 1. The maximum Gasteiger partial charge on any atom is 0.335 e. The van der Waals surface area contributed by atoms with Gasteiger partial charge in [0, 0.05) is 16.5 Å². The summed E-state index contributed by atoms with van der Waals surface area (Å²) in [5.74, 6) is -1.82. The number of ether oxygens (including phenoxy) is 1. The Kier molecular flexibility index (Phi) is 5.70. The number of hydrogen-bond acceptors (Lipinski definition) is 5. The van der Waals surface area contributed by atoms with Crippen molar-refractivity contribution >= 4 is 51.5 Å². The Morgan fingerprint density at radius 1 is 1.11 bits per heavy atom. The van der Waals surface area contributed by atoms with Crippen LogP contribution >= 0.6 is 15.9 Å². The molecule has 1 fully saturated rings. The number of para-hydroxylation sites is 1. The van der Waals surface area contributed by atoms with Crippen LogP contribution in [0.5, 0.6) is 5.75 Å². The van der Waals surface area contributed by atoms with E-state index in [-0.39, 0.29) is 17.7 Å². The Balaban J connectivity index is 2.00. The molecule has 2 aromatic carbocycles. The second-order valence-electron chi connectivity index (χ2n) is 5.80. The van der Waals surface area contributed by atoms with Gasteiger partial charge in [-0.15, -0.1) is 0 Å². The van der Waals surface area contributed by atoms with Crippen LogP contribution in [0.1, 0.15) is 18.9 Å². The topological polar surface area (TPSA) is 92.8 Å². The van der Waals surface area contributed by atoms with Gasteiger partial charge < -0.3 is 4.74 Å². The van der Waals surface area contributed by atoms with Gasteiger partial charge in [0.15, 0.2) is 0 Å². The number of imide groups is 2. The van der Waals surface area contributed by atoms with Crippen LogP contribution in [-0.2, 0) is 14.4 Å². The van der Waals surface area contributed by atoms with E-state index in [0.29, 0.717) is 11.3 Å². The lowest BCUT2D eigenvalue weighted by Crippen LogP contribution is -2.54. The third-order valence-corrected chi connectivity index (χ3v) is 4.45. The van der Waals surface area contributed by atoms with Crippen molar-refractivity contribution in [2.75, 3.05) is 4.90 Å². The van der Waals surface area contributed by atoms with Crippen molar-refractivity contribution in [1.82, 2.24) is 5.32 Å². The molecule has 0 bridgehead atoms. The fourth-order valence-electron chi connectivity index (χ4n) is 2.53. The molecule has 1 aliphatic heterocycles. The van der Waals surface area contributed by atoms with Gasteiger partial charge in [-0.3, -0.25) is 19.7 Å². The van der Waals surface area contributed by atoms with Gasteiger partial charge in [-0.05, 0) is 36.4 Å². The third kappa shape index (κ3) is 4.01. The first-order valence-electron chi connectivity index (χ1n) is 8.37. The van der Waals surface area contributed by atoms with E-state index >= 15 is 0 Å². The van der Waals surface area contributed by atoms with Crippen molar-refractivity contribution in [3.05, 3.63) is 64.1 Å². The van der Waals surface area contributed by atoms with Gasteiger partial charge in [0.1, 0.15) is 11.3 Å². The highest BCUT2D eigenvalue weighted by molar-refractivity contribution is 9.10. The fourth-order valence-corrected chi connectivity index (χ4v) is 2.79. The number of nitrogens with one attached hydrogen (secondary N) is 1. The summed E-state index contributed by atoms with van der Waals surface area (Å²) in [4.78, 5) is 49.9. The van der Waals surface area contributed by atoms with Gasteiger partial charge in [0.05, 0.1) is 5.69 Å². The summed E-state index contributed by atoms with van der Waals surface area (Å²) in [5.41, 5.74) is 0.435. The Bertz CT molecular complexity index is 998. The average Bonchev–Trinajstić information content (AvgIpc) is 2.67. The summed E-state index contributed by atoms with van der Waals surface area (Å²) in [6.07, 6.45) is 1.48. The molecule has 7 nitrogen and oxygen atoms in total. The molecular weight excluding hydrogens is 428 g/mol. The smallest absolute Gasteiger partial charge is 0.335 e. The maximum atomic E-state index is 12.9. The van der Waals surface area contributed by atoms with Crippen LogP contribution in [0.15, 0.2) is 58.6 Å². The molecule has 0 aromatic heterocycles. The number of benzene rings is 2. The first-order chi connectivity index (χ1) is 13.4. The molecule has 0 atom stereocenters. The molecule has 4 amide bonds. The highest BCUT2D eigenvalue weighted by atomic mass is 79.9. The van der Waals surface area contributed by atoms with Gasteiger partial charge >= 0.3 is 12.0 Å². The lowest BCUT2D eigenvalue weighted by atomic mass is 10.1. The molecule has 8 heteroatoms. The molecular formula is C20H15BrN2O5. The average molecular weight is 443 g/mol. The van der Waals surface area contributed by atoms with Crippen LogP contribution in [0.2, 0.25) is 0 Å². The fraction of sp³-hybridized carbons (Fsp3) is 0.100. The molecule has 0 radical (unpaired) electrons. The largest absolute Gasteiger partial charge is 0.426 e. The minimum absolute atomic E-state index is 0.177. The zero-order valence-corrected chi connectivity index (χ0v) is 16.4. The number of anilines is 1. The maximum absolute atomic E-state index is 12.9. The molecule has 0 spiro atoms. The quantitative estimate of drug-likeness (QED) is 0.338. The molecule has 1 aliphatic rings.